The second-order valence-electron chi connectivity index (χ2n) is 6.55. The van der Waals surface area contributed by atoms with Crippen LogP contribution in [0, 0.1) is 11.3 Å². The highest BCUT2D eigenvalue weighted by molar-refractivity contribution is 5.28. The Morgan fingerprint density at radius 2 is 2.04 bits per heavy atom. The Labute approximate surface area is 140 Å². The summed E-state index contributed by atoms with van der Waals surface area (Å²) in [6.45, 7) is 5.67. The molecule has 128 valence electrons. The van der Waals surface area contributed by atoms with Crippen molar-refractivity contribution in [1.29, 1.82) is 5.26 Å². The van der Waals surface area contributed by atoms with Gasteiger partial charge in [-0.3, -0.25) is 0 Å². The molecule has 2 rings (SSSR count). The number of aromatic nitrogens is 2. The van der Waals surface area contributed by atoms with Crippen molar-refractivity contribution >= 4 is 0 Å². The van der Waals surface area contributed by atoms with Gasteiger partial charge >= 0.3 is 5.76 Å². The van der Waals surface area contributed by atoms with E-state index in [-0.39, 0.29) is 18.6 Å². The number of nitrogens with zero attached hydrogens (tertiary/aromatic N) is 3. The van der Waals surface area contributed by atoms with Gasteiger partial charge < -0.3 is 14.3 Å². The summed E-state index contributed by atoms with van der Waals surface area (Å²) in [5.41, 5.74) is 0.520. The van der Waals surface area contributed by atoms with Gasteiger partial charge in [-0.25, -0.2) is 4.79 Å². The largest absolute Gasteiger partial charge is 0.491 e. The molecule has 1 N–H and O–H groups in total. The number of benzene rings is 1. The van der Waals surface area contributed by atoms with E-state index in [0.29, 0.717) is 18.1 Å². The standard InChI is InChI=1S/C17H21N3O4/c1-17(2,3)15-19-20(16(22)24-15)10-13(21)11-23-14-6-4-12(5-7-14)8-9-18/h4-7,13,21H,8,10-11H2,1-3H3. The SMILES string of the molecule is CC(C)(C)c1nn(CC(O)COc2ccc(CC#N)cc2)c(=O)o1. The van der Waals surface area contributed by atoms with Gasteiger partial charge in [-0.2, -0.15) is 9.94 Å². The minimum Gasteiger partial charge on any atom is -0.491 e. The zero-order valence-corrected chi connectivity index (χ0v) is 14.0. The molecule has 0 aliphatic rings. The fourth-order valence-corrected chi connectivity index (χ4v) is 1.96. The summed E-state index contributed by atoms with van der Waals surface area (Å²) in [4.78, 5) is 11.8. The predicted molar refractivity (Wildman–Crippen MR) is 86.7 cm³/mol. The van der Waals surface area contributed by atoms with Crippen LogP contribution in [0.25, 0.3) is 0 Å². The molecule has 0 fully saturated rings. The van der Waals surface area contributed by atoms with Gasteiger partial charge in [-0.05, 0) is 17.7 Å². The lowest BCUT2D eigenvalue weighted by atomic mass is 9.97. The molecule has 2 aromatic rings. The van der Waals surface area contributed by atoms with Crippen molar-refractivity contribution in [1.82, 2.24) is 9.78 Å². The highest BCUT2D eigenvalue weighted by Gasteiger charge is 2.23. The molecule has 0 aliphatic heterocycles. The third-order valence-corrected chi connectivity index (χ3v) is 3.28. The van der Waals surface area contributed by atoms with Crippen molar-refractivity contribution in [3.05, 3.63) is 46.3 Å². The summed E-state index contributed by atoms with van der Waals surface area (Å²) >= 11 is 0. The van der Waals surface area contributed by atoms with Gasteiger partial charge in [0.25, 0.3) is 0 Å². The van der Waals surface area contributed by atoms with Gasteiger partial charge in [-0.15, -0.1) is 5.10 Å². The van der Waals surface area contributed by atoms with E-state index in [9.17, 15) is 9.90 Å². The van der Waals surface area contributed by atoms with Crippen molar-refractivity contribution < 1.29 is 14.3 Å². The van der Waals surface area contributed by atoms with Crippen LogP contribution in [0.1, 0.15) is 32.2 Å². The Balaban J connectivity index is 1.92. The lowest BCUT2D eigenvalue weighted by Crippen LogP contribution is -2.29. The zero-order chi connectivity index (χ0) is 17.7. The molecular weight excluding hydrogens is 310 g/mol. The number of rotatable bonds is 6. The number of aliphatic hydroxyl groups is 1. The maximum atomic E-state index is 11.8. The van der Waals surface area contributed by atoms with Crippen LogP contribution in [-0.2, 0) is 18.4 Å². The second kappa shape index (κ2) is 7.32. The van der Waals surface area contributed by atoms with E-state index in [4.69, 9.17) is 14.4 Å². The van der Waals surface area contributed by atoms with Crippen LogP contribution in [0.5, 0.6) is 5.75 Å². The molecule has 0 spiro atoms. The summed E-state index contributed by atoms with van der Waals surface area (Å²) < 4.78 is 11.7. The molecule has 1 aromatic heterocycles. The third kappa shape index (κ3) is 4.70. The molecule has 1 unspecified atom stereocenters. The molecule has 1 aromatic carbocycles. The Morgan fingerprint density at radius 3 is 2.58 bits per heavy atom. The molecular formula is C17H21N3O4. The number of nitriles is 1. The molecule has 0 bridgehead atoms. The van der Waals surface area contributed by atoms with Crippen LogP contribution in [0.3, 0.4) is 0 Å². The first-order valence-electron chi connectivity index (χ1n) is 7.65. The third-order valence-electron chi connectivity index (χ3n) is 3.28. The summed E-state index contributed by atoms with van der Waals surface area (Å²) in [5, 5.41) is 22.8. The van der Waals surface area contributed by atoms with Crippen LogP contribution in [0.15, 0.2) is 33.5 Å². The Kier molecular flexibility index (Phi) is 5.42. The lowest BCUT2D eigenvalue weighted by molar-refractivity contribution is 0.0875. The van der Waals surface area contributed by atoms with E-state index in [1.807, 2.05) is 20.8 Å². The summed E-state index contributed by atoms with van der Waals surface area (Å²) in [6.07, 6.45) is -0.562. The van der Waals surface area contributed by atoms with E-state index in [2.05, 4.69) is 11.2 Å². The lowest BCUT2D eigenvalue weighted by Gasteiger charge is -2.12. The first-order valence-corrected chi connectivity index (χ1v) is 7.65. The molecule has 7 nitrogen and oxygen atoms in total. The molecule has 0 saturated carbocycles. The maximum Gasteiger partial charge on any atom is 0.437 e. The highest BCUT2D eigenvalue weighted by Crippen LogP contribution is 2.18. The van der Waals surface area contributed by atoms with E-state index in [0.717, 1.165) is 10.2 Å². The Bertz CT molecular complexity index is 763. The quantitative estimate of drug-likeness (QED) is 0.863. The van der Waals surface area contributed by atoms with Crippen LogP contribution >= 0.6 is 0 Å². The molecule has 24 heavy (non-hydrogen) atoms. The molecule has 0 aliphatic carbocycles. The fourth-order valence-electron chi connectivity index (χ4n) is 1.96. The van der Waals surface area contributed by atoms with Crippen molar-refractivity contribution in [3.63, 3.8) is 0 Å². The summed E-state index contributed by atoms with van der Waals surface area (Å²) in [5.74, 6) is 0.312. The number of hydrogen-bond donors (Lipinski definition) is 1. The van der Waals surface area contributed by atoms with Crippen LogP contribution in [0.2, 0.25) is 0 Å². The normalized spacial score (nSPS) is 12.6. The van der Waals surface area contributed by atoms with E-state index < -0.39 is 11.9 Å². The first kappa shape index (κ1) is 17.8. The molecule has 1 atom stereocenters. The van der Waals surface area contributed by atoms with Gasteiger partial charge in [0.05, 0.1) is 19.0 Å². The van der Waals surface area contributed by atoms with Crippen molar-refractivity contribution in [3.8, 4) is 11.8 Å². The van der Waals surface area contributed by atoms with Crippen molar-refractivity contribution in [2.75, 3.05) is 6.61 Å². The predicted octanol–water partition coefficient (Wildman–Crippen LogP) is 1.64. The van der Waals surface area contributed by atoms with E-state index in [1.54, 1.807) is 24.3 Å². The van der Waals surface area contributed by atoms with Crippen molar-refractivity contribution in [2.45, 2.75) is 45.3 Å². The minimum atomic E-state index is -0.903. The smallest absolute Gasteiger partial charge is 0.437 e. The van der Waals surface area contributed by atoms with Crippen molar-refractivity contribution in [2.24, 2.45) is 0 Å². The van der Waals surface area contributed by atoms with E-state index in [1.165, 1.54) is 0 Å². The Hall–Kier alpha value is -2.59. The average molecular weight is 331 g/mol. The fraction of sp³-hybridized carbons (Fsp3) is 0.471. The maximum absolute atomic E-state index is 11.8. The molecule has 1 heterocycles. The average Bonchev–Trinajstić information content (AvgIpc) is 2.88. The van der Waals surface area contributed by atoms with Gasteiger partial charge in [0.15, 0.2) is 0 Å². The van der Waals surface area contributed by atoms with Crippen LogP contribution in [0.4, 0.5) is 0 Å². The minimum absolute atomic E-state index is 0.00900. The summed E-state index contributed by atoms with van der Waals surface area (Å²) in [6, 6.07) is 9.13. The topological polar surface area (TPSA) is 101 Å². The molecule has 7 heteroatoms. The van der Waals surface area contributed by atoms with Gasteiger partial charge in [0, 0.05) is 5.41 Å². The number of ether oxygens (including phenoxy) is 1. The highest BCUT2D eigenvalue weighted by atomic mass is 16.5. The molecule has 0 amide bonds. The molecule has 0 radical (unpaired) electrons. The van der Waals surface area contributed by atoms with Gasteiger partial charge in [-0.1, -0.05) is 32.9 Å². The Morgan fingerprint density at radius 1 is 1.38 bits per heavy atom. The first-order chi connectivity index (χ1) is 11.3. The monoisotopic (exact) mass is 331 g/mol. The second-order valence-corrected chi connectivity index (χ2v) is 6.55. The molecule has 0 saturated heterocycles. The van der Waals surface area contributed by atoms with Crippen LogP contribution in [-0.4, -0.2) is 27.6 Å². The van der Waals surface area contributed by atoms with Gasteiger partial charge in [0.1, 0.15) is 18.5 Å². The van der Waals surface area contributed by atoms with Crippen LogP contribution < -0.4 is 10.5 Å². The number of aliphatic hydroxyl groups excluding tert-OH is 1. The summed E-state index contributed by atoms with van der Waals surface area (Å²) in [7, 11) is 0. The van der Waals surface area contributed by atoms with Gasteiger partial charge in [0.2, 0.25) is 5.89 Å². The number of hydrogen-bond acceptors (Lipinski definition) is 6. The zero-order valence-electron chi connectivity index (χ0n) is 14.0. The van der Waals surface area contributed by atoms with E-state index >= 15 is 0 Å².